The van der Waals surface area contributed by atoms with Crippen LogP contribution in [0.15, 0.2) is 70.3 Å². The fraction of sp³-hybridized carbons (Fsp3) is 0.304. The second kappa shape index (κ2) is 10.5. The van der Waals surface area contributed by atoms with Gasteiger partial charge in [0.25, 0.3) is 5.91 Å². The first kappa shape index (κ1) is 22.1. The van der Waals surface area contributed by atoms with Crippen LogP contribution in [-0.4, -0.2) is 61.4 Å². The van der Waals surface area contributed by atoms with Crippen molar-refractivity contribution in [3.63, 3.8) is 0 Å². The van der Waals surface area contributed by atoms with E-state index < -0.39 is 0 Å². The normalized spacial score (nSPS) is 14.5. The molecule has 0 saturated carbocycles. The summed E-state index contributed by atoms with van der Waals surface area (Å²) in [6.07, 6.45) is 2.46. The largest absolute Gasteiger partial charge is 0.459 e. The van der Waals surface area contributed by atoms with E-state index in [1.165, 1.54) is 22.6 Å². The smallest absolute Gasteiger partial charge is 0.289 e. The summed E-state index contributed by atoms with van der Waals surface area (Å²) in [5.41, 5.74) is 1.33. The van der Waals surface area contributed by atoms with E-state index in [2.05, 4.69) is 57.7 Å². The maximum Gasteiger partial charge on any atom is 0.289 e. The van der Waals surface area contributed by atoms with Gasteiger partial charge >= 0.3 is 0 Å². The lowest BCUT2D eigenvalue weighted by Crippen LogP contribution is -2.54. The maximum atomic E-state index is 12.4. The number of aliphatic imine (C=N–C) groups is 1. The highest BCUT2D eigenvalue weighted by Gasteiger charge is 2.25. The van der Waals surface area contributed by atoms with Gasteiger partial charge in [0, 0.05) is 39.8 Å². The number of piperazine rings is 1. The molecule has 4 rings (SSSR count). The summed E-state index contributed by atoms with van der Waals surface area (Å²) in [4.78, 5) is 20.9. The molecule has 1 aliphatic rings. The van der Waals surface area contributed by atoms with Crippen LogP contribution < -0.4 is 5.32 Å². The van der Waals surface area contributed by atoms with Gasteiger partial charge in [-0.1, -0.05) is 42.5 Å². The lowest BCUT2D eigenvalue weighted by Gasteiger charge is -2.36. The van der Waals surface area contributed by atoms with Crippen LogP contribution in [0, 0.1) is 0 Å². The number of guanidine groups is 1. The first-order valence-corrected chi connectivity index (χ1v) is 10.0. The van der Waals surface area contributed by atoms with E-state index in [9.17, 15) is 4.79 Å². The quantitative estimate of drug-likeness (QED) is 0.326. The summed E-state index contributed by atoms with van der Waals surface area (Å²) in [7, 11) is 1.81. The lowest BCUT2D eigenvalue weighted by molar-refractivity contribution is 0.0658. The number of hydrogen-bond acceptors (Lipinski definition) is 3. The molecular formula is C23H27IN4O2. The molecule has 7 heteroatoms. The number of furan rings is 1. The van der Waals surface area contributed by atoms with Crippen LogP contribution in [0.5, 0.6) is 0 Å². The monoisotopic (exact) mass is 518 g/mol. The molecule has 1 aliphatic heterocycles. The van der Waals surface area contributed by atoms with Gasteiger partial charge in [0.1, 0.15) is 0 Å². The third-order valence-corrected chi connectivity index (χ3v) is 5.37. The second-order valence-electron chi connectivity index (χ2n) is 7.12. The molecule has 6 nitrogen and oxygen atoms in total. The van der Waals surface area contributed by atoms with Crippen molar-refractivity contribution in [2.45, 2.75) is 6.42 Å². The topological polar surface area (TPSA) is 61.1 Å². The predicted molar refractivity (Wildman–Crippen MR) is 131 cm³/mol. The molecule has 0 bridgehead atoms. The summed E-state index contributed by atoms with van der Waals surface area (Å²) in [5.74, 6) is 1.24. The van der Waals surface area contributed by atoms with Gasteiger partial charge in [-0.2, -0.15) is 0 Å². The Morgan fingerprint density at radius 2 is 1.73 bits per heavy atom. The molecule has 1 aromatic heterocycles. The van der Waals surface area contributed by atoms with Crippen molar-refractivity contribution in [1.82, 2.24) is 15.1 Å². The number of nitrogens with one attached hydrogen (secondary N) is 1. The van der Waals surface area contributed by atoms with Crippen molar-refractivity contribution in [1.29, 1.82) is 0 Å². The van der Waals surface area contributed by atoms with Gasteiger partial charge in [0.2, 0.25) is 0 Å². The molecule has 1 amide bonds. The van der Waals surface area contributed by atoms with Crippen LogP contribution in [0.2, 0.25) is 0 Å². The number of nitrogens with zero attached hydrogens (tertiary/aromatic N) is 3. The molecule has 30 heavy (non-hydrogen) atoms. The molecule has 1 saturated heterocycles. The molecule has 158 valence electrons. The van der Waals surface area contributed by atoms with E-state index in [4.69, 9.17) is 4.42 Å². The third kappa shape index (κ3) is 4.95. The number of fused-ring (bicyclic) bond motifs is 1. The Morgan fingerprint density at radius 1 is 1.00 bits per heavy atom. The van der Waals surface area contributed by atoms with Crippen LogP contribution in [0.3, 0.4) is 0 Å². The van der Waals surface area contributed by atoms with E-state index in [0.717, 1.165) is 32.0 Å². The van der Waals surface area contributed by atoms with Crippen molar-refractivity contribution in [2.24, 2.45) is 4.99 Å². The molecular weight excluding hydrogens is 491 g/mol. The Bertz CT molecular complexity index is 990. The van der Waals surface area contributed by atoms with Gasteiger partial charge in [-0.05, 0) is 34.9 Å². The van der Waals surface area contributed by atoms with Crippen molar-refractivity contribution in [3.05, 3.63) is 72.2 Å². The number of benzene rings is 2. The summed E-state index contributed by atoms with van der Waals surface area (Å²) >= 11 is 0. The molecule has 2 heterocycles. The van der Waals surface area contributed by atoms with E-state index in [1.54, 1.807) is 19.2 Å². The minimum Gasteiger partial charge on any atom is -0.459 e. The van der Waals surface area contributed by atoms with Gasteiger partial charge in [-0.3, -0.25) is 9.79 Å². The van der Waals surface area contributed by atoms with E-state index in [-0.39, 0.29) is 29.9 Å². The van der Waals surface area contributed by atoms with E-state index in [1.807, 2.05) is 4.90 Å². The SMILES string of the molecule is CN=C(NCCc1cccc2ccccc12)N1CCN(C(=O)c2ccco2)CC1.I. The first-order chi connectivity index (χ1) is 14.3. The van der Waals surface area contributed by atoms with Crippen LogP contribution in [0.4, 0.5) is 0 Å². The molecule has 0 atom stereocenters. The maximum absolute atomic E-state index is 12.4. The Kier molecular flexibility index (Phi) is 7.73. The predicted octanol–water partition coefficient (Wildman–Crippen LogP) is 3.63. The van der Waals surface area contributed by atoms with Crippen LogP contribution >= 0.6 is 24.0 Å². The highest BCUT2D eigenvalue weighted by atomic mass is 127. The molecule has 0 aliphatic carbocycles. The van der Waals surface area contributed by atoms with E-state index >= 15 is 0 Å². The molecule has 2 aromatic carbocycles. The van der Waals surface area contributed by atoms with Crippen LogP contribution in [-0.2, 0) is 6.42 Å². The first-order valence-electron chi connectivity index (χ1n) is 10.0. The number of halogens is 1. The molecule has 0 unspecified atom stereocenters. The number of carbonyl (C=O) groups excluding carboxylic acids is 1. The van der Waals surface area contributed by atoms with E-state index in [0.29, 0.717) is 18.8 Å². The Labute approximate surface area is 194 Å². The van der Waals surface area contributed by atoms with Crippen molar-refractivity contribution >= 4 is 46.6 Å². The van der Waals surface area contributed by atoms with Crippen molar-refractivity contribution in [3.8, 4) is 0 Å². The zero-order valence-electron chi connectivity index (χ0n) is 17.1. The third-order valence-electron chi connectivity index (χ3n) is 5.37. The molecule has 1 fully saturated rings. The molecule has 0 spiro atoms. The zero-order chi connectivity index (χ0) is 20.1. The summed E-state index contributed by atoms with van der Waals surface area (Å²) in [6.45, 7) is 3.63. The van der Waals surface area contributed by atoms with Crippen molar-refractivity contribution < 1.29 is 9.21 Å². The zero-order valence-corrected chi connectivity index (χ0v) is 19.4. The highest BCUT2D eigenvalue weighted by molar-refractivity contribution is 14.0. The second-order valence-corrected chi connectivity index (χ2v) is 7.12. The fourth-order valence-corrected chi connectivity index (χ4v) is 3.83. The van der Waals surface area contributed by atoms with Crippen molar-refractivity contribution in [2.75, 3.05) is 39.8 Å². The summed E-state index contributed by atoms with van der Waals surface area (Å²) in [5, 5.41) is 6.05. The Balaban J connectivity index is 0.00000256. The number of amides is 1. The molecule has 1 N–H and O–H groups in total. The summed E-state index contributed by atoms with van der Waals surface area (Å²) < 4.78 is 5.23. The lowest BCUT2D eigenvalue weighted by atomic mass is 10.0. The van der Waals surface area contributed by atoms with Gasteiger partial charge in [0.15, 0.2) is 11.7 Å². The Morgan fingerprint density at radius 3 is 2.47 bits per heavy atom. The minimum absolute atomic E-state index is 0. The standard InChI is InChI=1S/C23H26N4O2.HI/c1-24-23(25-12-11-19-8-4-7-18-6-2-3-9-20(18)19)27-15-13-26(14-16-27)22(28)21-10-5-17-29-21;/h2-10,17H,11-16H2,1H3,(H,24,25);1H. The van der Waals surface area contributed by atoms with Gasteiger partial charge in [0.05, 0.1) is 6.26 Å². The number of carbonyl (C=O) groups is 1. The molecule has 0 radical (unpaired) electrons. The molecule has 3 aromatic rings. The number of rotatable bonds is 4. The van der Waals surface area contributed by atoms with Crippen LogP contribution in [0.25, 0.3) is 10.8 Å². The highest BCUT2D eigenvalue weighted by Crippen LogP contribution is 2.18. The van der Waals surface area contributed by atoms with Gasteiger partial charge in [-0.25, -0.2) is 0 Å². The summed E-state index contributed by atoms with van der Waals surface area (Å²) in [6, 6.07) is 18.4. The van der Waals surface area contributed by atoms with Gasteiger partial charge < -0.3 is 19.5 Å². The average molecular weight is 518 g/mol. The average Bonchev–Trinajstić information content (AvgIpc) is 3.31. The fourth-order valence-electron chi connectivity index (χ4n) is 3.83. The minimum atomic E-state index is -0.0476. The van der Waals surface area contributed by atoms with Crippen LogP contribution in [0.1, 0.15) is 16.1 Å². The van der Waals surface area contributed by atoms with Gasteiger partial charge in [-0.15, -0.1) is 24.0 Å². The Hall–Kier alpha value is -2.55. The number of hydrogen-bond donors (Lipinski definition) is 1.